The number of carbonyl (C=O) groups excluding carboxylic acids is 1. The number of amides is 1. The summed E-state index contributed by atoms with van der Waals surface area (Å²) < 4.78 is 4.45. The molecule has 1 aromatic rings. The maximum absolute atomic E-state index is 11.2. The second kappa shape index (κ2) is 6.78. The number of anilines is 2. The molecule has 8 nitrogen and oxygen atoms in total. The van der Waals surface area contributed by atoms with E-state index in [9.17, 15) is 14.9 Å². The van der Waals surface area contributed by atoms with E-state index in [1.54, 1.807) is 12.1 Å². The van der Waals surface area contributed by atoms with Crippen molar-refractivity contribution in [3.63, 3.8) is 0 Å². The maximum atomic E-state index is 11.2. The molecule has 0 bridgehead atoms. The van der Waals surface area contributed by atoms with Gasteiger partial charge in [0.05, 0.1) is 17.7 Å². The molecule has 1 saturated heterocycles. The van der Waals surface area contributed by atoms with E-state index in [1.807, 2.05) is 4.90 Å². The summed E-state index contributed by atoms with van der Waals surface area (Å²) in [6.07, 6.45) is 2.56. The second-order valence-electron chi connectivity index (χ2n) is 4.75. The first-order valence-corrected chi connectivity index (χ1v) is 6.75. The Morgan fingerprint density at radius 3 is 2.67 bits per heavy atom. The summed E-state index contributed by atoms with van der Waals surface area (Å²) in [7, 11) is 1.26. The molecule has 1 aliphatic heterocycles. The van der Waals surface area contributed by atoms with Gasteiger partial charge in [-0.15, -0.1) is 0 Å². The Morgan fingerprint density at radius 1 is 1.33 bits per heavy atom. The molecule has 1 amide bonds. The summed E-state index contributed by atoms with van der Waals surface area (Å²) in [6.45, 7) is 1.60. The third kappa shape index (κ3) is 3.74. The molecule has 0 saturated carbocycles. The van der Waals surface area contributed by atoms with Crippen molar-refractivity contribution < 1.29 is 14.5 Å². The number of carbonyl (C=O) groups is 1. The highest BCUT2D eigenvalue weighted by atomic mass is 16.6. The van der Waals surface area contributed by atoms with Crippen LogP contribution in [-0.4, -0.2) is 31.2 Å². The van der Waals surface area contributed by atoms with Gasteiger partial charge in [-0.1, -0.05) is 0 Å². The highest BCUT2D eigenvalue weighted by Crippen LogP contribution is 2.32. The topological polar surface area (TPSA) is 96.7 Å². The van der Waals surface area contributed by atoms with Crippen molar-refractivity contribution in [2.75, 3.05) is 30.5 Å². The molecule has 1 heterocycles. The van der Waals surface area contributed by atoms with Gasteiger partial charge in [-0.25, -0.2) is 10.2 Å². The van der Waals surface area contributed by atoms with Crippen molar-refractivity contribution in [1.82, 2.24) is 5.43 Å². The third-order valence-electron chi connectivity index (χ3n) is 3.36. The van der Waals surface area contributed by atoms with Crippen molar-refractivity contribution in [2.24, 2.45) is 0 Å². The Hall–Kier alpha value is -2.51. The van der Waals surface area contributed by atoms with Gasteiger partial charge in [-0.05, 0) is 31.4 Å². The number of nitro benzene ring substituents is 1. The Labute approximate surface area is 122 Å². The van der Waals surface area contributed by atoms with E-state index < -0.39 is 6.09 Å². The van der Waals surface area contributed by atoms with Gasteiger partial charge in [0.2, 0.25) is 0 Å². The van der Waals surface area contributed by atoms with Crippen LogP contribution in [0.25, 0.3) is 0 Å². The second-order valence-corrected chi connectivity index (χ2v) is 4.75. The van der Waals surface area contributed by atoms with Crippen LogP contribution >= 0.6 is 0 Å². The lowest BCUT2D eigenvalue weighted by Gasteiger charge is -2.28. The smallest absolute Gasteiger partial charge is 0.425 e. The zero-order valence-electron chi connectivity index (χ0n) is 11.8. The molecular formula is C13H18N4O4. The van der Waals surface area contributed by atoms with Gasteiger partial charge < -0.3 is 9.64 Å². The fraction of sp³-hybridized carbons (Fsp3) is 0.462. The average molecular weight is 294 g/mol. The fourth-order valence-electron chi connectivity index (χ4n) is 2.32. The van der Waals surface area contributed by atoms with Crippen molar-refractivity contribution in [1.29, 1.82) is 0 Å². The number of nitro groups is 1. The van der Waals surface area contributed by atoms with Crippen LogP contribution in [0.2, 0.25) is 0 Å². The minimum absolute atomic E-state index is 0.0699. The third-order valence-corrected chi connectivity index (χ3v) is 3.36. The van der Waals surface area contributed by atoms with E-state index in [2.05, 4.69) is 15.6 Å². The number of hydrogen-bond donors (Lipinski definition) is 2. The number of benzene rings is 1. The Bertz CT molecular complexity index is 529. The van der Waals surface area contributed by atoms with Crippen molar-refractivity contribution in [2.45, 2.75) is 19.3 Å². The van der Waals surface area contributed by atoms with Gasteiger partial charge in [0, 0.05) is 19.2 Å². The van der Waals surface area contributed by atoms with Crippen LogP contribution in [0.5, 0.6) is 0 Å². The number of methoxy groups -OCH3 is 1. The lowest BCUT2D eigenvalue weighted by atomic mass is 10.1. The standard InChI is InChI=1S/C13H18N4O4/c1-21-13(18)15-14-10-5-6-11(17(19)20)12(9-10)16-7-3-2-4-8-16/h5-6,9,14H,2-4,7-8H2,1H3,(H,15,18). The van der Waals surface area contributed by atoms with Gasteiger partial charge >= 0.3 is 6.09 Å². The Morgan fingerprint density at radius 2 is 2.05 bits per heavy atom. The molecule has 0 atom stereocenters. The fourth-order valence-corrected chi connectivity index (χ4v) is 2.32. The first-order chi connectivity index (χ1) is 10.1. The van der Waals surface area contributed by atoms with Gasteiger partial charge in [-0.3, -0.25) is 15.5 Å². The van der Waals surface area contributed by atoms with Gasteiger partial charge in [0.25, 0.3) is 5.69 Å². The van der Waals surface area contributed by atoms with Gasteiger partial charge in [-0.2, -0.15) is 0 Å². The number of nitrogens with one attached hydrogen (secondary N) is 2. The molecule has 21 heavy (non-hydrogen) atoms. The largest absolute Gasteiger partial charge is 0.452 e. The van der Waals surface area contributed by atoms with Crippen LogP contribution in [0.1, 0.15) is 19.3 Å². The predicted molar refractivity (Wildman–Crippen MR) is 78.3 cm³/mol. The van der Waals surface area contributed by atoms with Crippen LogP contribution in [-0.2, 0) is 4.74 Å². The molecule has 0 spiro atoms. The van der Waals surface area contributed by atoms with Crippen molar-refractivity contribution in [3.8, 4) is 0 Å². The molecule has 2 rings (SSSR count). The molecule has 1 fully saturated rings. The van der Waals surface area contributed by atoms with Gasteiger partial charge in [0.15, 0.2) is 0 Å². The Kier molecular flexibility index (Phi) is 4.81. The Balaban J connectivity index is 2.21. The number of ether oxygens (including phenoxy) is 1. The number of piperidine rings is 1. The lowest BCUT2D eigenvalue weighted by molar-refractivity contribution is -0.384. The monoisotopic (exact) mass is 294 g/mol. The molecule has 1 aliphatic rings. The summed E-state index contributed by atoms with van der Waals surface area (Å²) in [6, 6.07) is 4.64. The van der Waals surface area contributed by atoms with Crippen molar-refractivity contribution >= 4 is 23.2 Å². The van der Waals surface area contributed by atoms with E-state index >= 15 is 0 Å². The maximum Gasteiger partial charge on any atom is 0.425 e. The number of rotatable bonds is 4. The number of hydrogen-bond acceptors (Lipinski definition) is 6. The molecule has 0 aromatic heterocycles. The van der Waals surface area contributed by atoms with E-state index in [0.717, 1.165) is 32.4 Å². The minimum atomic E-state index is -0.632. The molecule has 0 aliphatic carbocycles. The minimum Gasteiger partial charge on any atom is -0.452 e. The molecule has 8 heteroatoms. The molecule has 1 aromatic carbocycles. The summed E-state index contributed by atoms with van der Waals surface area (Å²) >= 11 is 0. The van der Waals surface area contributed by atoms with Gasteiger partial charge in [0.1, 0.15) is 5.69 Å². The van der Waals surface area contributed by atoms with Crippen LogP contribution in [0.3, 0.4) is 0 Å². The summed E-state index contributed by atoms with van der Waals surface area (Å²) in [5.74, 6) is 0. The van der Waals surface area contributed by atoms with Crippen molar-refractivity contribution in [3.05, 3.63) is 28.3 Å². The zero-order chi connectivity index (χ0) is 15.2. The molecule has 114 valence electrons. The van der Waals surface area contributed by atoms with E-state index in [4.69, 9.17) is 0 Å². The highest BCUT2D eigenvalue weighted by molar-refractivity contribution is 5.73. The molecule has 0 radical (unpaired) electrons. The normalized spacial score (nSPS) is 14.4. The molecule has 0 unspecified atom stereocenters. The SMILES string of the molecule is COC(=O)NNc1ccc([N+](=O)[O-])c(N2CCCCC2)c1. The molecule has 2 N–H and O–H groups in total. The van der Waals surface area contributed by atoms with Crippen LogP contribution in [0.4, 0.5) is 21.9 Å². The summed E-state index contributed by atoms with van der Waals surface area (Å²) in [5.41, 5.74) is 6.19. The zero-order valence-corrected chi connectivity index (χ0v) is 11.8. The summed E-state index contributed by atoms with van der Waals surface area (Å²) in [4.78, 5) is 23.8. The van der Waals surface area contributed by atoms with Crippen LogP contribution in [0.15, 0.2) is 18.2 Å². The average Bonchev–Trinajstić information content (AvgIpc) is 2.53. The van der Waals surface area contributed by atoms with E-state index in [-0.39, 0.29) is 10.6 Å². The quantitative estimate of drug-likeness (QED) is 0.653. The first-order valence-electron chi connectivity index (χ1n) is 6.75. The van der Waals surface area contributed by atoms with Crippen LogP contribution in [0, 0.1) is 10.1 Å². The van der Waals surface area contributed by atoms with E-state index in [1.165, 1.54) is 13.2 Å². The summed E-state index contributed by atoms with van der Waals surface area (Å²) in [5, 5.41) is 11.2. The van der Waals surface area contributed by atoms with Crippen LogP contribution < -0.4 is 15.8 Å². The molecular weight excluding hydrogens is 276 g/mol. The number of nitrogens with zero attached hydrogens (tertiary/aromatic N) is 2. The highest BCUT2D eigenvalue weighted by Gasteiger charge is 2.21. The lowest BCUT2D eigenvalue weighted by Crippen LogP contribution is -2.31. The predicted octanol–water partition coefficient (Wildman–Crippen LogP) is 2.27. The number of hydrazine groups is 1. The van der Waals surface area contributed by atoms with E-state index in [0.29, 0.717) is 11.4 Å². The first kappa shape index (κ1) is 14.9.